The lowest BCUT2D eigenvalue weighted by molar-refractivity contribution is -0.119. The second kappa shape index (κ2) is 9.36. The average molecular weight is 590 g/mol. The third-order valence-electron chi connectivity index (χ3n) is 7.60. The number of rotatable bonds is 5. The minimum absolute atomic E-state index is 0.0950. The maximum absolute atomic E-state index is 14.5. The van der Waals surface area contributed by atoms with Crippen LogP contribution in [0.1, 0.15) is 57.6 Å². The summed E-state index contributed by atoms with van der Waals surface area (Å²) in [7, 11) is 1.50. The van der Waals surface area contributed by atoms with Gasteiger partial charge >= 0.3 is 0 Å². The fraction of sp³-hybridized carbons (Fsp3) is 0.200. The van der Waals surface area contributed by atoms with E-state index in [0.717, 1.165) is 5.56 Å². The van der Waals surface area contributed by atoms with Crippen molar-refractivity contribution < 1.29 is 19.1 Å². The van der Waals surface area contributed by atoms with Gasteiger partial charge in [-0.3, -0.25) is 19.3 Å². The molecular weight excluding hydrogens is 565 g/mol. The second-order valence-corrected chi connectivity index (χ2v) is 11.2. The van der Waals surface area contributed by atoms with E-state index in [4.69, 9.17) is 38.7 Å². The number of nitrogens with one attached hydrogen (secondary N) is 1. The zero-order chi connectivity index (χ0) is 29.4. The van der Waals surface area contributed by atoms with Crippen molar-refractivity contribution in [1.29, 1.82) is 0 Å². The maximum atomic E-state index is 14.5. The third-order valence-corrected chi connectivity index (χ3v) is 8.07. The Hall–Kier alpha value is -4.34. The molecule has 208 valence electrons. The number of primary amides is 1. The highest BCUT2D eigenvalue weighted by Gasteiger charge is 2.64. The first kappa shape index (κ1) is 26.9. The molecule has 0 unspecified atom stereocenters. The van der Waals surface area contributed by atoms with E-state index in [1.807, 2.05) is 25.3 Å². The molecule has 41 heavy (non-hydrogen) atoms. The van der Waals surface area contributed by atoms with Gasteiger partial charge in [0.15, 0.2) is 11.2 Å². The van der Waals surface area contributed by atoms with Crippen LogP contribution in [0.3, 0.4) is 0 Å². The molecule has 0 saturated carbocycles. The molecule has 1 spiro atoms. The number of anilines is 2. The Balaban J connectivity index is 1.74. The molecule has 2 aliphatic heterocycles. The normalized spacial score (nSPS) is 17.3. The number of carbonyl (C=O) groups excluding carboxylic acids is 3. The predicted octanol–water partition coefficient (Wildman–Crippen LogP) is 5.71. The van der Waals surface area contributed by atoms with Crippen LogP contribution in [-0.2, 0) is 10.3 Å². The van der Waals surface area contributed by atoms with Crippen LogP contribution in [-0.4, -0.2) is 34.4 Å². The van der Waals surface area contributed by atoms with E-state index in [1.165, 1.54) is 12.0 Å². The summed E-state index contributed by atoms with van der Waals surface area (Å²) >= 11 is 12.7. The Morgan fingerprint density at radius 2 is 1.76 bits per heavy atom. The summed E-state index contributed by atoms with van der Waals surface area (Å²) in [6.45, 7) is 5.70. The van der Waals surface area contributed by atoms with Gasteiger partial charge in [-0.05, 0) is 68.8 Å². The summed E-state index contributed by atoms with van der Waals surface area (Å²) < 4.78 is 7.46. The Kier molecular flexibility index (Phi) is 6.13. The van der Waals surface area contributed by atoms with E-state index >= 15 is 0 Å². The monoisotopic (exact) mass is 589 g/mol. The number of aryl methyl sites for hydroxylation is 1. The van der Waals surface area contributed by atoms with E-state index in [0.29, 0.717) is 49.8 Å². The van der Waals surface area contributed by atoms with Crippen molar-refractivity contribution in [3.8, 4) is 17.1 Å². The predicted molar refractivity (Wildman–Crippen MR) is 157 cm³/mol. The van der Waals surface area contributed by atoms with Gasteiger partial charge in [0.2, 0.25) is 5.91 Å². The average Bonchev–Trinajstić information content (AvgIpc) is 3.53. The first-order valence-electron chi connectivity index (χ1n) is 12.8. The van der Waals surface area contributed by atoms with Gasteiger partial charge in [0, 0.05) is 32.9 Å². The van der Waals surface area contributed by atoms with Gasteiger partial charge in [-0.2, -0.15) is 0 Å². The molecule has 3 N–H and O–H groups in total. The summed E-state index contributed by atoms with van der Waals surface area (Å²) in [5.41, 5.74) is 7.39. The molecule has 3 amide bonds. The Labute approximate surface area is 245 Å². The maximum Gasteiger partial charge on any atom is 0.280 e. The molecule has 9 nitrogen and oxygen atoms in total. The summed E-state index contributed by atoms with van der Waals surface area (Å²) in [6.07, 6.45) is 0. The number of hydrogen-bond donors (Lipinski definition) is 2. The van der Waals surface area contributed by atoms with Gasteiger partial charge in [-0.25, -0.2) is 4.98 Å². The highest BCUT2D eigenvalue weighted by Crippen LogP contribution is 2.55. The Bertz CT molecular complexity index is 1810. The molecule has 4 aromatic rings. The SMILES string of the molecule is COc1ccc(C(N)=O)cc1-c1nc2c(n1C(C)C)[C@@]1(C(=O)Nc3cc(Cl)ccc31)N(c1cc(Cl)ccc1C)C2=O. The van der Waals surface area contributed by atoms with Gasteiger partial charge in [0.25, 0.3) is 11.8 Å². The quantitative estimate of drug-likeness (QED) is 0.309. The molecule has 0 radical (unpaired) electrons. The van der Waals surface area contributed by atoms with E-state index in [9.17, 15) is 14.4 Å². The largest absolute Gasteiger partial charge is 0.496 e. The highest BCUT2D eigenvalue weighted by molar-refractivity contribution is 6.32. The van der Waals surface area contributed by atoms with Crippen LogP contribution >= 0.6 is 23.2 Å². The van der Waals surface area contributed by atoms with Crippen molar-refractivity contribution in [2.45, 2.75) is 32.4 Å². The van der Waals surface area contributed by atoms with Gasteiger partial charge in [0.05, 0.1) is 24.1 Å². The van der Waals surface area contributed by atoms with Crippen molar-refractivity contribution in [3.05, 3.63) is 92.7 Å². The Morgan fingerprint density at radius 3 is 2.44 bits per heavy atom. The lowest BCUT2D eigenvalue weighted by Crippen LogP contribution is -2.51. The van der Waals surface area contributed by atoms with Crippen LogP contribution in [0.15, 0.2) is 54.6 Å². The van der Waals surface area contributed by atoms with E-state index in [1.54, 1.807) is 54.6 Å². The van der Waals surface area contributed by atoms with E-state index in [2.05, 4.69) is 5.32 Å². The van der Waals surface area contributed by atoms with Crippen molar-refractivity contribution >= 4 is 52.3 Å². The second-order valence-electron chi connectivity index (χ2n) is 10.3. The van der Waals surface area contributed by atoms with Crippen LogP contribution in [0.4, 0.5) is 11.4 Å². The molecule has 1 atom stereocenters. The van der Waals surface area contributed by atoms with Gasteiger partial charge in [0.1, 0.15) is 11.6 Å². The molecule has 0 aliphatic carbocycles. The first-order chi connectivity index (χ1) is 19.5. The van der Waals surface area contributed by atoms with Crippen molar-refractivity contribution in [3.63, 3.8) is 0 Å². The fourth-order valence-corrected chi connectivity index (χ4v) is 6.20. The number of nitrogens with two attached hydrogens (primary N) is 1. The van der Waals surface area contributed by atoms with Gasteiger partial charge in [-0.1, -0.05) is 35.3 Å². The summed E-state index contributed by atoms with van der Waals surface area (Å²) in [6, 6.07) is 14.8. The Morgan fingerprint density at radius 1 is 1.05 bits per heavy atom. The third kappa shape index (κ3) is 3.69. The van der Waals surface area contributed by atoms with Crippen molar-refractivity contribution in [2.75, 3.05) is 17.3 Å². The number of amides is 3. The lowest BCUT2D eigenvalue weighted by Gasteiger charge is -2.36. The van der Waals surface area contributed by atoms with Crippen LogP contribution in [0, 0.1) is 6.92 Å². The molecule has 2 aliphatic rings. The number of fused-ring (bicyclic) bond motifs is 4. The first-order valence-corrected chi connectivity index (χ1v) is 13.6. The van der Waals surface area contributed by atoms with Crippen molar-refractivity contribution in [1.82, 2.24) is 9.55 Å². The number of ether oxygens (including phenoxy) is 1. The highest BCUT2D eigenvalue weighted by atomic mass is 35.5. The van der Waals surface area contributed by atoms with Crippen LogP contribution in [0.5, 0.6) is 5.75 Å². The molecule has 0 fully saturated rings. The number of carbonyl (C=O) groups is 3. The zero-order valence-electron chi connectivity index (χ0n) is 22.6. The molecule has 6 rings (SSSR count). The number of hydrogen-bond acceptors (Lipinski definition) is 5. The van der Waals surface area contributed by atoms with Crippen LogP contribution in [0.25, 0.3) is 11.4 Å². The number of methoxy groups -OCH3 is 1. The molecule has 1 aromatic heterocycles. The molecule has 0 bridgehead atoms. The lowest BCUT2D eigenvalue weighted by atomic mass is 9.86. The van der Waals surface area contributed by atoms with Gasteiger partial charge < -0.3 is 20.4 Å². The molecule has 11 heteroatoms. The molecule has 3 heterocycles. The smallest absolute Gasteiger partial charge is 0.280 e. The number of halogens is 2. The van der Waals surface area contributed by atoms with E-state index < -0.39 is 23.3 Å². The van der Waals surface area contributed by atoms with Crippen molar-refractivity contribution in [2.24, 2.45) is 5.73 Å². The molecular formula is C30H25Cl2N5O4. The fourth-order valence-electron chi connectivity index (χ4n) is 5.86. The minimum atomic E-state index is -1.63. The zero-order valence-corrected chi connectivity index (χ0v) is 24.1. The number of nitrogens with zero attached hydrogens (tertiary/aromatic N) is 3. The van der Waals surface area contributed by atoms with E-state index in [-0.39, 0.29) is 17.3 Å². The van der Waals surface area contributed by atoms with Gasteiger partial charge in [-0.15, -0.1) is 0 Å². The van der Waals surface area contributed by atoms with Crippen LogP contribution < -0.4 is 20.7 Å². The van der Waals surface area contributed by atoms with Crippen LogP contribution in [0.2, 0.25) is 10.0 Å². The minimum Gasteiger partial charge on any atom is -0.496 e. The topological polar surface area (TPSA) is 120 Å². The number of benzene rings is 3. The standard InChI is InChI=1S/C30H25Cl2N5O4/c1-14(2)36-25-24(35-27(36)19-11-16(26(33)38)6-10-23(19)41-4)28(39)37(22-13-18(32)7-5-15(22)3)30(25)20-9-8-17(31)12-21(20)34-29(30)40/h5-14H,1-4H3,(H2,33,38)(H,34,40)/t30-/m0/s1. The number of aromatic nitrogens is 2. The number of imidazole rings is 1. The summed E-state index contributed by atoms with van der Waals surface area (Å²) in [5.74, 6) is -0.760. The summed E-state index contributed by atoms with van der Waals surface area (Å²) in [5, 5.41) is 3.79. The summed E-state index contributed by atoms with van der Waals surface area (Å²) in [4.78, 5) is 47.2. The molecule has 0 saturated heterocycles. The molecule has 3 aromatic carbocycles.